The van der Waals surface area contributed by atoms with Crippen LogP contribution in [0, 0.1) is 0 Å². The quantitative estimate of drug-likeness (QED) is 0.309. The molecule has 5 nitrogen and oxygen atoms in total. The Bertz CT molecular complexity index is 1310. The Kier molecular flexibility index (Phi) is 6.58. The number of aliphatic hydroxyl groups excluding tert-OH is 1. The van der Waals surface area contributed by atoms with E-state index in [9.17, 15) is 27.9 Å². The van der Waals surface area contributed by atoms with Crippen LogP contribution >= 0.6 is 23.5 Å². The van der Waals surface area contributed by atoms with Gasteiger partial charge in [-0.15, -0.1) is 0 Å². The van der Waals surface area contributed by atoms with Gasteiger partial charge >= 0.3 is 6.18 Å². The van der Waals surface area contributed by atoms with E-state index in [1.807, 2.05) is 0 Å². The number of nitrogens with zero attached hydrogens (tertiary/aromatic N) is 1. The van der Waals surface area contributed by atoms with Gasteiger partial charge in [-0.2, -0.15) is 13.2 Å². The minimum atomic E-state index is -4.56. The van der Waals surface area contributed by atoms with Crippen LogP contribution in [0.4, 0.5) is 18.9 Å². The average molecular weight is 505 g/mol. The van der Waals surface area contributed by atoms with Gasteiger partial charge in [-0.1, -0.05) is 41.9 Å². The van der Waals surface area contributed by atoms with E-state index >= 15 is 0 Å². The molecule has 1 aliphatic rings. The molecule has 0 saturated carbocycles. The summed E-state index contributed by atoms with van der Waals surface area (Å²) < 4.78 is 40.3. The highest BCUT2D eigenvalue weighted by molar-refractivity contribution is 7.97. The van der Waals surface area contributed by atoms with Crippen LogP contribution in [0.2, 0.25) is 5.02 Å². The maximum Gasteiger partial charge on any atom is 0.416 e. The van der Waals surface area contributed by atoms with Gasteiger partial charge in [0.2, 0.25) is 11.7 Å². The summed E-state index contributed by atoms with van der Waals surface area (Å²) in [6.07, 6.45) is -4.56. The first-order valence-electron chi connectivity index (χ1n) is 9.89. The zero-order valence-electron chi connectivity index (χ0n) is 17.3. The molecule has 0 atom stereocenters. The molecular formula is C24H16ClF3N2O3S. The van der Waals surface area contributed by atoms with Gasteiger partial charge in [0.05, 0.1) is 10.6 Å². The third-order valence-electron chi connectivity index (χ3n) is 4.92. The van der Waals surface area contributed by atoms with Crippen molar-refractivity contribution in [3.63, 3.8) is 0 Å². The van der Waals surface area contributed by atoms with Crippen LogP contribution in [0.3, 0.4) is 0 Å². The zero-order chi connectivity index (χ0) is 24.5. The summed E-state index contributed by atoms with van der Waals surface area (Å²) in [5.74, 6) is -1.61. The predicted molar refractivity (Wildman–Crippen MR) is 124 cm³/mol. The second kappa shape index (κ2) is 9.44. The molecule has 0 unspecified atom stereocenters. The molecule has 34 heavy (non-hydrogen) atoms. The molecule has 10 heteroatoms. The van der Waals surface area contributed by atoms with Crippen LogP contribution in [0.15, 0.2) is 83.4 Å². The van der Waals surface area contributed by atoms with E-state index in [4.69, 9.17) is 11.6 Å². The van der Waals surface area contributed by atoms with Gasteiger partial charge in [-0.05, 0) is 54.4 Å². The van der Waals surface area contributed by atoms with Crippen molar-refractivity contribution in [2.24, 2.45) is 0 Å². The van der Waals surface area contributed by atoms with Gasteiger partial charge in [0, 0.05) is 21.7 Å². The van der Waals surface area contributed by atoms with Gasteiger partial charge in [-0.3, -0.25) is 13.9 Å². The smallest absolute Gasteiger partial charge is 0.416 e. The van der Waals surface area contributed by atoms with Gasteiger partial charge in [0.25, 0.3) is 0 Å². The van der Waals surface area contributed by atoms with Gasteiger partial charge in [-0.25, -0.2) is 0 Å². The van der Waals surface area contributed by atoms with Crippen molar-refractivity contribution in [1.29, 1.82) is 0 Å². The number of rotatable bonds is 5. The highest BCUT2D eigenvalue weighted by Gasteiger charge is 2.33. The standard InChI is InChI=1S/C24H16ClF3N2O3S/c25-18-10-3-1-8-16(18)22(32)21-23(33)17-9-2-4-11-19(17)34-30(21)13-20(31)29-15-7-5-6-14(12-15)24(26,27)28/h1-12,33H,13H2,(H,29,31). The van der Waals surface area contributed by atoms with E-state index < -0.39 is 30.0 Å². The maximum absolute atomic E-state index is 13.3. The molecule has 2 N–H and O–H groups in total. The predicted octanol–water partition coefficient (Wildman–Crippen LogP) is 6.43. The van der Waals surface area contributed by atoms with Gasteiger partial charge in [0.1, 0.15) is 12.2 Å². The molecule has 0 aliphatic carbocycles. The normalized spacial score (nSPS) is 13.5. The zero-order valence-corrected chi connectivity index (χ0v) is 18.8. The van der Waals surface area contributed by atoms with E-state index in [1.54, 1.807) is 36.4 Å². The number of allylic oxidation sites excluding steroid dienone is 1. The Morgan fingerprint density at radius 3 is 2.44 bits per heavy atom. The molecule has 1 heterocycles. The minimum absolute atomic E-state index is 0.0468. The number of halogens is 4. The number of amides is 1. The van der Waals surface area contributed by atoms with Crippen LogP contribution < -0.4 is 5.32 Å². The lowest BCUT2D eigenvalue weighted by molar-refractivity contribution is -0.137. The Labute approximate surface area is 202 Å². The van der Waals surface area contributed by atoms with E-state index in [0.717, 1.165) is 24.1 Å². The van der Waals surface area contributed by atoms with Crippen molar-refractivity contribution in [3.05, 3.63) is 100 Å². The maximum atomic E-state index is 13.3. The molecule has 0 aromatic heterocycles. The molecule has 1 amide bonds. The first-order chi connectivity index (χ1) is 16.1. The number of ketones is 1. The number of benzene rings is 3. The highest BCUT2D eigenvalue weighted by atomic mass is 35.5. The molecule has 0 fully saturated rings. The summed E-state index contributed by atoms with van der Waals surface area (Å²) in [6, 6.07) is 17.3. The van der Waals surface area contributed by atoms with Crippen LogP contribution in [0.1, 0.15) is 21.5 Å². The summed E-state index contributed by atoms with van der Waals surface area (Å²) in [4.78, 5) is 26.7. The van der Waals surface area contributed by atoms with Crippen LogP contribution in [-0.4, -0.2) is 27.6 Å². The summed E-state index contributed by atoms with van der Waals surface area (Å²) in [5.41, 5.74) is -0.560. The molecule has 0 spiro atoms. The van der Waals surface area contributed by atoms with E-state index in [0.29, 0.717) is 10.5 Å². The second-order valence-corrected chi connectivity index (χ2v) is 8.73. The summed E-state index contributed by atoms with van der Waals surface area (Å²) in [6.45, 7) is -0.426. The minimum Gasteiger partial charge on any atom is -0.505 e. The van der Waals surface area contributed by atoms with Crippen molar-refractivity contribution in [3.8, 4) is 0 Å². The number of carbonyl (C=O) groups is 2. The molecule has 3 aromatic rings. The monoisotopic (exact) mass is 504 g/mol. The number of aliphatic hydroxyl groups is 1. The fourth-order valence-corrected chi connectivity index (χ4v) is 4.67. The number of hydrogen-bond acceptors (Lipinski definition) is 5. The number of anilines is 1. The Balaban J connectivity index is 1.65. The molecule has 4 rings (SSSR count). The summed E-state index contributed by atoms with van der Waals surface area (Å²) in [5, 5.41) is 13.5. The topological polar surface area (TPSA) is 69.6 Å². The first-order valence-corrected chi connectivity index (χ1v) is 11.0. The number of carbonyl (C=O) groups excluding carboxylic acids is 2. The van der Waals surface area contributed by atoms with Crippen LogP contribution in [0.25, 0.3) is 5.76 Å². The fourth-order valence-electron chi connectivity index (χ4n) is 3.36. The van der Waals surface area contributed by atoms with Crippen molar-refractivity contribution in [1.82, 2.24) is 4.31 Å². The Morgan fingerprint density at radius 1 is 1.00 bits per heavy atom. The molecule has 1 aliphatic heterocycles. The van der Waals surface area contributed by atoms with E-state index in [-0.39, 0.29) is 27.7 Å². The number of nitrogens with one attached hydrogen (secondary N) is 1. The lowest BCUT2D eigenvalue weighted by Gasteiger charge is -2.30. The van der Waals surface area contributed by atoms with Crippen molar-refractivity contribution in [2.45, 2.75) is 11.1 Å². The Morgan fingerprint density at radius 2 is 1.71 bits per heavy atom. The molecule has 0 saturated heterocycles. The third-order valence-corrected chi connectivity index (χ3v) is 6.33. The summed E-state index contributed by atoms with van der Waals surface area (Å²) >= 11 is 7.23. The largest absolute Gasteiger partial charge is 0.505 e. The van der Waals surface area contributed by atoms with Crippen LogP contribution in [0.5, 0.6) is 0 Å². The SMILES string of the molecule is O=C(CN1Sc2ccccc2C(O)=C1C(=O)c1ccccc1Cl)Nc1cccc(C(F)(F)F)c1. The lowest BCUT2D eigenvalue weighted by Crippen LogP contribution is -2.33. The van der Waals surface area contributed by atoms with Gasteiger partial charge in [0.15, 0.2) is 5.76 Å². The molecule has 0 bridgehead atoms. The average Bonchev–Trinajstić information content (AvgIpc) is 2.79. The summed E-state index contributed by atoms with van der Waals surface area (Å²) in [7, 11) is 0. The number of Topliss-reactive ketones (excluding diaryl/α,β-unsaturated/α-hetero) is 1. The van der Waals surface area contributed by atoms with Gasteiger partial charge < -0.3 is 10.4 Å². The van der Waals surface area contributed by atoms with Crippen molar-refractivity contribution in [2.75, 3.05) is 11.9 Å². The Hall–Kier alpha value is -3.43. The van der Waals surface area contributed by atoms with Crippen molar-refractivity contribution < 1.29 is 27.9 Å². The fraction of sp³-hybridized carbons (Fsp3) is 0.0833. The number of hydrogen-bond donors (Lipinski definition) is 2. The van der Waals surface area contributed by atoms with Crippen LogP contribution in [-0.2, 0) is 11.0 Å². The highest BCUT2D eigenvalue weighted by Crippen LogP contribution is 2.41. The molecular weight excluding hydrogens is 489 g/mol. The first kappa shape index (κ1) is 23.7. The number of fused-ring (bicyclic) bond motifs is 1. The van der Waals surface area contributed by atoms with Crippen molar-refractivity contribution >= 4 is 46.7 Å². The molecule has 174 valence electrons. The third kappa shape index (κ3) is 4.90. The van der Waals surface area contributed by atoms with E-state index in [1.165, 1.54) is 28.6 Å². The second-order valence-electron chi connectivity index (χ2n) is 7.26. The lowest BCUT2D eigenvalue weighted by atomic mass is 10.0. The van der Waals surface area contributed by atoms with E-state index in [2.05, 4.69) is 5.32 Å². The molecule has 0 radical (unpaired) electrons. The number of alkyl halides is 3. The molecule has 3 aromatic carbocycles.